The van der Waals surface area contributed by atoms with E-state index >= 15 is 0 Å². The Hall–Kier alpha value is -1.65. The molecule has 0 spiro atoms. The first kappa shape index (κ1) is 13.3. The fourth-order valence-corrected chi connectivity index (χ4v) is 2.73. The third-order valence-corrected chi connectivity index (χ3v) is 3.73. The molecule has 0 bridgehead atoms. The molecule has 0 radical (unpaired) electrons. The van der Waals surface area contributed by atoms with Crippen molar-refractivity contribution in [1.29, 1.82) is 0 Å². The number of likely N-dealkylation sites (N-methyl/N-ethyl adjacent to an activating group) is 1. The summed E-state index contributed by atoms with van der Waals surface area (Å²) in [6, 6.07) is 10.4. The maximum Gasteiger partial charge on any atom is 0.132 e. The van der Waals surface area contributed by atoms with Crippen LogP contribution in [0.3, 0.4) is 0 Å². The van der Waals surface area contributed by atoms with Crippen LogP contribution in [-0.2, 0) is 4.74 Å². The minimum absolute atomic E-state index is 0.237. The van der Waals surface area contributed by atoms with E-state index in [0.717, 1.165) is 37.6 Å². The lowest BCUT2D eigenvalue weighted by Gasteiger charge is -2.29. The molecule has 1 saturated heterocycles. The first-order valence-electron chi connectivity index (χ1n) is 7.14. The molecule has 4 heteroatoms. The van der Waals surface area contributed by atoms with Crippen LogP contribution in [0, 0.1) is 6.92 Å². The second-order valence-corrected chi connectivity index (χ2v) is 5.40. The van der Waals surface area contributed by atoms with Gasteiger partial charge in [-0.25, -0.2) is 4.98 Å². The summed E-state index contributed by atoms with van der Waals surface area (Å²) in [7, 11) is 2.09. The number of nitrogens with one attached hydrogen (secondary N) is 1. The highest BCUT2D eigenvalue weighted by molar-refractivity contribution is 5.81. The summed E-state index contributed by atoms with van der Waals surface area (Å²) in [5, 5.41) is 4.56. The number of rotatable bonds is 3. The highest BCUT2D eigenvalue weighted by atomic mass is 16.5. The molecular formula is C16H21N3O. The van der Waals surface area contributed by atoms with Crippen LogP contribution in [-0.4, -0.2) is 44.4 Å². The van der Waals surface area contributed by atoms with Gasteiger partial charge >= 0.3 is 0 Å². The minimum atomic E-state index is 0.237. The number of nitrogens with zero attached hydrogens (tertiary/aromatic N) is 2. The van der Waals surface area contributed by atoms with Gasteiger partial charge in [-0.3, -0.25) is 0 Å². The molecule has 4 nitrogen and oxygen atoms in total. The molecule has 0 amide bonds. The topological polar surface area (TPSA) is 37.4 Å². The lowest BCUT2D eigenvalue weighted by atomic mass is 10.1. The van der Waals surface area contributed by atoms with Crippen molar-refractivity contribution in [2.75, 3.05) is 38.2 Å². The van der Waals surface area contributed by atoms with Crippen molar-refractivity contribution in [3.63, 3.8) is 0 Å². The average molecular weight is 271 g/mol. The molecule has 1 N–H and O–H groups in total. The van der Waals surface area contributed by atoms with Gasteiger partial charge in [0.05, 0.1) is 18.2 Å². The van der Waals surface area contributed by atoms with Crippen molar-refractivity contribution in [2.24, 2.45) is 0 Å². The number of hydrogen-bond acceptors (Lipinski definition) is 4. The van der Waals surface area contributed by atoms with E-state index in [0.29, 0.717) is 0 Å². The van der Waals surface area contributed by atoms with Gasteiger partial charge in [-0.2, -0.15) is 0 Å². The average Bonchev–Trinajstić information content (AvgIpc) is 2.47. The number of anilines is 1. The van der Waals surface area contributed by atoms with Gasteiger partial charge in [0.15, 0.2) is 0 Å². The Bertz CT molecular complexity index is 593. The summed E-state index contributed by atoms with van der Waals surface area (Å²) in [5.74, 6) is 1.04. The van der Waals surface area contributed by atoms with E-state index in [2.05, 4.69) is 42.4 Å². The van der Waals surface area contributed by atoms with Crippen LogP contribution < -0.4 is 10.2 Å². The second kappa shape index (κ2) is 5.77. The molecule has 3 rings (SSSR count). The largest absolute Gasteiger partial charge is 0.374 e. The fourth-order valence-electron chi connectivity index (χ4n) is 2.73. The molecule has 1 unspecified atom stereocenters. The molecule has 2 heterocycles. The van der Waals surface area contributed by atoms with Gasteiger partial charge in [0, 0.05) is 32.1 Å². The maximum absolute atomic E-state index is 5.77. The van der Waals surface area contributed by atoms with E-state index in [1.54, 1.807) is 0 Å². The third-order valence-electron chi connectivity index (χ3n) is 3.73. The molecule has 1 atom stereocenters. The molecule has 1 aromatic heterocycles. The minimum Gasteiger partial charge on any atom is -0.374 e. The number of morpholine rings is 1. The number of para-hydroxylation sites is 1. The number of benzene rings is 1. The standard InChI is InChI=1S/C16H21N3O/c1-12-9-13-5-3-4-6-15(13)18-16(12)19(2)11-14-10-17-7-8-20-14/h3-6,9,14,17H,7-8,10-11H2,1-2H3. The molecule has 0 saturated carbocycles. The van der Waals surface area contributed by atoms with Crippen molar-refractivity contribution in [1.82, 2.24) is 10.3 Å². The Morgan fingerprint density at radius 1 is 1.40 bits per heavy atom. The molecular weight excluding hydrogens is 250 g/mol. The van der Waals surface area contributed by atoms with Gasteiger partial charge in [-0.05, 0) is 24.6 Å². The van der Waals surface area contributed by atoms with E-state index in [-0.39, 0.29) is 6.10 Å². The van der Waals surface area contributed by atoms with Gasteiger partial charge in [0.25, 0.3) is 0 Å². The first-order valence-corrected chi connectivity index (χ1v) is 7.14. The van der Waals surface area contributed by atoms with Crippen LogP contribution in [0.5, 0.6) is 0 Å². The van der Waals surface area contributed by atoms with Gasteiger partial charge in [-0.1, -0.05) is 18.2 Å². The zero-order valence-electron chi connectivity index (χ0n) is 12.1. The molecule has 1 aliphatic heterocycles. The Morgan fingerprint density at radius 3 is 3.05 bits per heavy atom. The predicted octanol–water partition coefficient (Wildman–Crippen LogP) is 1.97. The quantitative estimate of drug-likeness (QED) is 0.926. The zero-order valence-corrected chi connectivity index (χ0v) is 12.1. The summed E-state index contributed by atoms with van der Waals surface area (Å²) in [5.41, 5.74) is 2.25. The van der Waals surface area contributed by atoms with E-state index in [9.17, 15) is 0 Å². The molecule has 1 aliphatic rings. The van der Waals surface area contributed by atoms with Crippen LogP contribution in [0.4, 0.5) is 5.82 Å². The number of hydrogen-bond donors (Lipinski definition) is 1. The van der Waals surface area contributed by atoms with Crippen LogP contribution >= 0.6 is 0 Å². The van der Waals surface area contributed by atoms with Gasteiger partial charge in [-0.15, -0.1) is 0 Å². The number of aromatic nitrogens is 1. The molecule has 2 aromatic rings. The highest BCUT2D eigenvalue weighted by Gasteiger charge is 2.17. The smallest absolute Gasteiger partial charge is 0.132 e. The molecule has 106 valence electrons. The second-order valence-electron chi connectivity index (χ2n) is 5.40. The van der Waals surface area contributed by atoms with Gasteiger partial charge < -0.3 is 15.0 Å². The lowest BCUT2D eigenvalue weighted by Crippen LogP contribution is -2.44. The Labute approximate surface area is 119 Å². The van der Waals surface area contributed by atoms with Crippen molar-refractivity contribution >= 4 is 16.7 Å². The normalized spacial score (nSPS) is 19.2. The third kappa shape index (κ3) is 2.76. The van der Waals surface area contributed by atoms with Crippen molar-refractivity contribution < 1.29 is 4.74 Å². The fraction of sp³-hybridized carbons (Fsp3) is 0.438. The summed E-state index contributed by atoms with van der Waals surface area (Å²) >= 11 is 0. The molecule has 1 aromatic carbocycles. The van der Waals surface area contributed by atoms with Crippen LogP contribution in [0.25, 0.3) is 10.9 Å². The summed E-state index contributed by atoms with van der Waals surface area (Å²) in [6.45, 7) is 5.64. The van der Waals surface area contributed by atoms with Gasteiger partial charge in [0.2, 0.25) is 0 Å². The van der Waals surface area contributed by atoms with Crippen molar-refractivity contribution in [2.45, 2.75) is 13.0 Å². The Balaban J connectivity index is 1.82. The van der Waals surface area contributed by atoms with E-state index in [1.165, 1.54) is 10.9 Å². The number of pyridine rings is 1. The molecule has 20 heavy (non-hydrogen) atoms. The Morgan fingerprint density at radius 2 is 2.25 bits per heavy atom. The summed E-state index contributed by atoms with van der Waals surface area (Å²) < 4.78 is 5.77. The highest BCUT2D eigenvalue weighted by Crippen LogP contribution is 2.22. The maximum atomic E-state index is 5.77. The van der Waals surface area contributed by atoms with Crippen molar-refractivity contribution in [3.05, 3.63) is 35.9 Å². The zero-order chi connectivity index (χ0) is 13.9. The van der Waals surface area contributed by atoms with E-state index in [1.807, 2.05) is 12.1 Å². The van der Waals surface area contributed by atoms with Crippen LogP contribution in [0.1, 0.15) is 5.56 Å². The SMILES string of the molecule is Cc1cc2ccccc2nc1N(C)CC1CNCCO1. The van der Waals surface area contributed by atoms with Gasteiger partial charge in [0.1, 0.15) is 5.82 Å². The number of aryl methyl sites for hydroxylation is 1. The van der Waals surface area contributed by atoms with Crippen LogP contribution in [0.15, 0.2) is 30.3 Å². The van der Waals surface area contributed by atoms with Crippen molar-refractivity contribution in [3.8, 4) is 0 Å². The molecule has 0 aliphatic carbocycles. The van der Waals surface area contributed by atoms with Crippen LogP contribution in [0.2, 0.25) is 0 Å². The first-order chi connectivity index (χ1) is 9.74. The van der Waals surface area contributed by atoms with E-state index in [4.69, 9.17) is 9.72 Å². The predicted molar refractivity (Wildman–Crippen MR) is 82.4 cm³/mol. The molecule has 1 fully saturated rings. The monoisotopic (exact) mass is 271 g/mol. The number of fused-ring (bicyclic) bond motifs is 1. The lowest BCUT2D eigenvalue weighted by molar-refractivity contribution is 0.0339. The summed E-state index contributed by atoms with van der Waals surface area (Å²) in [4.78, 5) is 6.98. The number of ether oxygens (including phenoxy) is 1. The summed E-state index contributed by atoms with van der Waals surface area (Å²) in [6.07, 6.45) is 0.237. The Kier molecular flexibility index (Phi) is 3.85. The van der Waals surface area contributed by atoms with E-state index < -0.39 is 0 Å².